The van der Waals surface area contributed by atoms with E-state index in [2.05, 4.69) is 5.32 Å². The molecule has 1 amide bonds. The van der Waals surface area contributed by atoms with Gasteiger partial charge in [0.2, 0.25) is 0 Å². The molecule has 0 spiro atoms. The van der Waals surface area contributed by atoms with Crippen LogP contribution in [0.1, 0.15) is 46.0 Å². The molecule has 0 aromatic rings. The first-order valence-electron chi connectivity index (χ1n) is 5.68. The molecule has 1 saturated carbocycles. The largest absolute Gasteiger partial charge is 0.447 e. The predicted octanol–water partition coefficient (Wildman–Crippen LogP) is 1.82. The van der Waals surface area contributed by atoms with Gasteiger partial charge in [-0.1, -0.05) is 19.3 Å². The number of carbonyl (C=O) groups is 1. The monoisotopic (exact) mass is 215 g/mol. The summed E-state index contributed by atoms with van der Waals surface area (Å²) in [6, 6.07) is 0. The second-order valence-electron chi connectivity index (χ2n) is 4.58. The van der Waals surface area contributed by atoms with Gasteiger partial charge in [0.15, 0.2) is 0 Å². The van der Waals surface area contributed by atoms with Crippen LogP contribution in [0.3, 0.4) is 0 Å². The van der Waals surface area contributed by atoms with Crippen molar-refractivity contribution >= 4 is 6.09 Å². The van der Waals surface area contributed by atoms with E-state index in [1.54, 1.807) is 0 Å². The van der Waals surface area contributed by atoms with E-state index in [4.69, 9.17) is 4.74 Å². The lowest BCUT2D eigenvalue weighted by Gasteiger charge is -2.36. The van der Waals surface area contributed by atoms with E-state index < -0.39 is 11.6 Å². The van der Waals surface area contributed by atoms with Crippen molar-refractivity contribution in [3.63, 3.8) is 0 Å². The van der Waals surface area contributed by atoms with E-state index in [9.17, 15) is 9.90 Å². The van der Waals surface area contributed by atoms with E-state index in [0.29, 0.717) is 0 Å². The van der Waals surface area contributed by atoms with E-state index in [1.807, 2.05) is 13.8 Å². The van der Waals surface area contributed by atoms with Gasteiger partial charge in [-0.15, -0.1) is 0 Å². The number of rotatable bonds is 3. The first-order chi connectivity index (χ1) is 7.08. The van der Waals surface area contributed by atoms with Gasteiger partial charge < -0.3 is 15.2 Å². The number of alkyl carbamates (subject to hydrolysis) is 1. The summed E-state index contributed by atoms with van der Waals surface area (Å²) in [5.41, 5.74) is -0.440. The molecule has 15 heavy (non-hydrogen) atoms. The average Bonchev–Trinajstić information content (AvgIpc) is 2.17. The Morgan fingerprint density at radius 2 is 2.00 bits per heavy atom. The average molecular weight is 215 g/mol. The molecule has 2 N–H and O–H groups in total. The van der Waals surface area contributed by atoms with Crippen molar-refractivity contribution in [1.82, 2.24) is 5.32 Å². The second kappa shape index (κ2) is 5.35. The Hall–Kier alpha value is -0.770. The second-order valence-corrected chi connectivity index (χ2v) is 4.58. The summed E-state index contributed by atoms with van der Waals surface area (Å²) in [4.78, 5) is 11.4. The third kappa shape index (κ3) is 3.70. The number of hydrogen-bond donors (Lipinski definition) is 2. The number of ether oxygens (including phenoxy) is 1. The maximum absolute atomic E-state index is 11.4. The molecule has 0 aliphatic heterocycles. The molecule has 88 valence electrons. The molecule has 0 unspecified atom stereocenters. The maximum Gasteiger partial charge on any atom is 0.407 e. The summed E-state index contributed by atoms with van der Waals surface area (Å²) in [6.45, 7) is 3.62. The topological polar surface area (TPSA) is 58.6 Å². The normalized spacial score (nSPS) is 20.0. The zero-order chi connectivity index (χ0) is 11.3. The Morgan fingerprint density at radius 3 is 2.47 bits per heavy atom. The lowest BCUT2D eigenvalue weighted by atomic mass is 9.82. The van der Waals surface area contributed by atoms with E-state index >= 15 is 0 Å². The van der Waals surface area contributed by atoms with Crippen LogP contribution in [0.4, 0.5) is 4.79 Å². The molecule has 0 radical (unpaired) electrons. The zero-order valence-corrected chi connectivity index (χ0v) is 9.58. The first kappa shape index (κ1) is 12.3. The van der Waals surface area contributed by atoms with Crippen molar-refractivity contribution in [3.05, 3.63) is 0 Å². The zero-order valence-electron chi connectivity index (χ0n) is 9.58. The molecule has 0 aromatic carbocycles. The SMILES string of the molecule is CC(C)OC(=O)NC1(CO)CCCCC1. The Bertz CT molecular complexity index is 210. The lowest BCUT2D eigenvalue weighted by molar-refractivity contribution is 0.0768. The fourth-order valence-corrected chi connectivity index (χ4v) is 2.01. The van der Waals surface area contributed by atoms with Gasteiger partial charge in [0, 0.05) is 0 Å². The van der Waals surface area contributed by atoms with Crippen LogP contribution in [0.25, 0.3) is 0 Å². The van der Waals surface area contributed by atoms with Gasteiger partial charge in [-0.3, -0.25) is 0 Å². The number of hydrogen-bond acceptors (Lipinski definition) is 3. The highest BCUT2D eigenvalue weighted by Gasteiger charge is 2.33. The first-order valence-corrected chi connectivity index (χ1v) is 5.68. The van der Waals surface area contributed by atoms with Gasteiger partial charge >= 0.3 is 6.09 Å². The minimum absolute atomic E-state index is 0.000194. The Balaban J connectivity index is 2.47. The predicted molar refractivity (Wildman–Crippen MR) is 57.7 cm³/mol. The van der Waals surface area contributed by atoms with E-state index in [0.717, 1.165) is 25.7 Å². The Labute approximate surface area is 91.0 Å². The molecule has 1 aliphatic rings. The summed E-state index contributed by atoms with van der Waals surface area (Å²) in [5, 5.41) is 12.2. The molecule has 0 bridgehead atoms. The van der Waals surface area contributed by atoms with Crippen LogP contribution in [-0.4, -0.2) is 29.4 Å². The van der Waals surface area contributed by atoms with Crippen molar-refractivity contribution in [2.75, 3.05) is 6.61 Å². The number of carbonyl (C=O) groups excluding carboxylic acids is 1. The van der Waals surface area contributed by atoms with Crippen LogP contribution in [0.15, 0.2) is 0 Å². The van der Waals surface area contributed by atoms with Gasteiger partial charge in [-0.2, -0.15) is 0 Å². The smallest absolute Gasteiger partial charge is 0.407 e. The molecule has 1 aliphatic carbocycles. The summed E-state index contributed by atoms with van der Waals surface area (Å²) in [7, 11) is 0. The van der Waals surface area contributed by atoms with Gasteiger partial charge in [-0.05, 0) is 26.7 Å². The van der Waals surface area contributed by atoms with Crippen LogP contribution in [-0.2, 0) is 4.74 Å². The summed E-state index contributed by atoms with van der Waals surface area (Å²) >= 11 is 0. The third-order valence-corrected chi connectivity index (χ3v) is 2.82. The number of aliphatic hydroxyl groups excluding tert-OH is 1. The van der Waals surface area contributed by atoms with E-state index in [1.165, 1.54) is 6.42 Å². The number of amides is 1. The van der Waals surface area contributed by atoms with Gasteiger partial charge in [-0.25, -0.2) is 4.79 Å². The molecule has 1 fully saturated rings. The van der Waals surface area contributed by atoms with Crippen LogP contribution in [0.5, 0.6) is 0 Å². The summed E-state index contributed by atoms with van der Waals surface area (Å²) in [6.07, 6.45) is 4.45. The quantitative estimate of drug-likeness (QED) is 0.755. The molecular weight excluding hydrogens is 194 g/mol. The maximum atomic E-state index is 11.4. The van der Waals surface area contributed by atoms with Gasteiger partial charge in [0.25, 0.3) is 0 Å². The van der Waals surface area contributed by atoms with Gasteiger partial charge in [0.1, 0.15) is 0 Å². The highest BCUT2D eigenvalue weighted by molar-refractivity contribution is 5.68. The number of nitrogens with one attached hydrogen (secondary N) is 1. The van der Waals surface area contributed by atoms with Crippen LogP contribution in [0, 0.1) is 0 Å². The van der Waals surface area contributed by atoms with Crippen molar-refractivity contribution in [3.8, 4) is 0 Å². The minimum Gasteiger partial charge on any atom is -0.447 e. The fourth-order valence-electron chi connectivity index (χ4n) is 2.01. The highest BCUT2D eigenvalue weighted by Crippen LogP contribution is 2.27. The van der Waals surface area contributed by atoms with Gasteiger partial charge in [0.05, 0.1) is 18.2 Å². The molecular formula is C11H21NO3. The fraction of sp³-hybridized carbons (Fsp3) is 0.909. The van der Waals surface area contributed by atoms with Crippen LogP contribution < -0.4 is 5.32 Å². The molecule has 0 aromatic heterocycles. The molecule has 0 saturated heterocycles. The summed E-state index contributed by atoms with van der Waals surface area (Å²) < 4.78 is 5.02. The van der Waals surface area contributed by atoms with Crippen molar-refractivity contribution in [1.29, 1.82) is 0 Å². The van der Waals surface area contributed by atoms with Crippen LogP contribution in [0.2, 0.25) is 0 Å². The van der Waals surface area contributed by atoms with Crippen LogP contribution >= 0.6 is 0 Å². The molecule has 1 rings (SSSR count). The lowest BCUT2D eigenvalue weighted by Crippen LogP contribution is -2.53. The Kier molecular flexibility index (Phi) is 4.39. The summed E-state index contributed by atoms with van der Waals surface area (Å²) in [5.74, 6) is 0. The van der Waals surface area contributed by atoms with Crippen molar-refractivity contribution in [2.24, 2.45) is 0 Å². The standard InChI is InChI=1S/C11H21NO3/c1-9(2)15-10(14)12-11(8-13)6-4-3-5-7-11/h9,13H,3-8H2,1-2H3,(H,12,14). The molecule has 0 atom stereocenters. The minimum atomic E-state index is -0.440. The molecule has 4 nitrogen and oxygen atoms in total. The Morgan fingerprint density at radius 1 is 1.40 bits per heavy atom. The molecule has 4 heteroatoms. The van der Waals surface area contributed by atoms with E-state index in [-0.39, 0.29) is 12.7 Å². The van der Waals surface area contributed by atoms with Crippen molar-refractivity contribution < 1.29 is 14.6 Å². The third-order valence-electron chi connectivity index (χ3n) is 2.82. The number of aliphatic hydroxyl groups is 1. The molecule has 0 heterocycles. The van der Waals surface area contributed by atoms with Crippen molar-refractivity contribution in [2.45, 2.75) is 57.6 Å². The highest BCUT2D eigenvalue weighted by atomic mass is 16.6.